The largest absolute Gasteiger partial charge is 0.489 e. The average Bonchev–Trinajstić information content (AvgIpc) is 3.49. The summed E-state index contributed by atoms with van der Waals surface area (Å²) in [5.74, 6) is 1.82. The first kappa shape index (κ1) is 15.2. The topological polar surface area (TPSA) is 48.4 Å². The van der Waals surface area contributed by atoms with E-state index in [0.717, 1.165) is 16.7 Å². The van der Waals surface area contributed by atoms with E-state index in [4.69, 9.17) is 9.47 Å². The van der Waals surface area contributed by atoms with Crippen LogP contribution in [-0.4, -0.2) is 24.2 Å². The van der Waals surface area contributed by atoms with Gasteiger partial charge in [0.2, 0.25) is 0 Å². The summed E-state index contributed by atoms with van der Waals surface area (Å²) in [6.45, 7) is 0.602. The summed E-state index contributed by atoms with van der Waals surface area (Å²) in [7, 11) is 0. The molecule has 0 N–H and O–H groups in total. The molecule has 0 bridgehead atoms. The molecule has 4 rings (SSSR count). The number of nitrogens with zero attached hydrogens (tertiary/aromatic N) is 1. The molecular weight excluding hydrogens is 302 g/mol. The summed E-state index contributed by atoms with van der Waals surface area (Å²) in [5, 5.41) is 0.968. The number of aromatic nitrogens is 1. The summed E-state index contributed by atoms with van der Waals surface area (Å²) in [5.41, 5.74) is 2.22. The molecule has 2 aromatic rings. The van der Waals surface area contributed by atoms with Crippen LogP contribution < -0.4 is 4.74 Å². The highest BCUT2D eigenvalue weighted by Gasteiger charge is 2.36. The Labute approximate surface area is 141 Å². The number of rotatable bonds is 7. The minimum atomic E-state index is -0.230. The van der Waals surface area contributed by atoms with Crippen LogP contribution in [0.15, 0.2) is 48.2 Å². The first-order valence-corrected chi connectivity index (χ1v) is 8.66. The molecule has 0 radical (unpaired) electrons. The molecule has 0 amide bonds. The van der Waals surface area contributed by atoms with E-state index >= 15 is 0 Å². The van der Waals surface area contributed by atoms with Crippen LogP contribution in [0.2, 0.25) is 0 Å². The van der Waals surface area contributed by atoms with Crippen LogP contribution in [0, 0.1) is 11.8 Å². The van der Waals surface area contributed by atoms with E-state index in [-0.39, 0.29) is 12.6 Å². The predicted octanol–water partition coefficient (Wildman–Crippen LogP) is 3.90. The number of allylic oxidation sites excluding steroid dienone is 1. The van der Waals surface area contributed by atoms with Gasteiger partial charge in [-0.05, 0) is 55.7 Å². The fourth-order valence-electron chi connectivity index (χ4n) is 3.07. The van der Waals surface area contributed by atoms with E-state index < -0.39 is 0 Å². The number of pyridine rings is 1. The standard InChI is InChI=1S/C20H21NO3/c22-20(13-17(14-5-6-14)15-7-8-15)24-12-11-23-19-9-10-21-18-4-2-1-3-16(18)19/h1-4,9-10,13-15H,5-8,11-12H2. The van der Waals surface area contributed by atoms with Crippen LogP contribution in [0.25, 0.3) is 10.9 Å². The number of para-hydroxylation sites is 1. The van der Waals surface area contributed by atoms with Crippen LogP contribution >= 0.6 is 0 Å². The Morgan fingerprint density at radius 1 is 1.08 bits per heavy atom. The third-order valence-electron chi connectivity index (χ3n) is 4.58. The molecule has 4 heteroatoms. The monoisotopic (exact) mass is 323 g/mol. The number of esters is 1. The van der Waals surface area contributed by atoms with Gasteiger partial charge in [-0.3, -0.25) is 4.98 Å². The van der Waals surface area contributed by atoms with Crippen LogP contribution in [0.1, 0.15) is 25.7 Å². The van der Waals surface area contributed by atoms with Crippen LogP contribution in [-0.2, 0) is 9.53 Å². The number of benzene rings is 1. The molecule has 1 heterocycles. The summed E-state index contributed by atoms with van der Waals surface area (Å²) < 4.78 is 11.1. The van der Waals surface area contributed by atoms with Gasteiger partial charge in [-0.15, -0.1) is 0 Å². The number of hydrogen-bond acceptors (Lipinski definition) is 4. The normalized spacial score (nSPS) is 16.7. The lowest BCUT2D eigenvalue weighted by molar-refractivity contribution is -0.138. The quantitative estimate of drug-likeness (QED) is 0.440. The number of hydrogen-bond donors (Lipinski definition) is 0. The molecule has 24 heavy (non-hydrogen) atoms. The number of fused-ring (bicyclic) bond motifs is 1. The van der Waals surface area contributed by atoms with Gasteiger partial charge in [-0.2, -0.15) is 0 Å². The second kappa shape index (κ2) is 6.63. The molecular formula is C20H21NO3. The van der Waals surface area contributed by atoms with Crippen molar-refractivity contribution in [2.45, 2.75) is 25.7 Å². The molecule has 4 nitrogen and oxygen atoms in total. The van der Waals surface area contributed by atoms with Crippen LogP contribution in [0.4, 0.5) is 0 Å². The van der Waals surface area contributed by atoms with Crippen molar-refractivity contribution in [1.29, 1.82) is 0 Å². The Morgan fingerprint density at radius 3 is 2.58 bits per heavy atom. The molecule has 124 valence electrons. The van der Waals surface area contributed by atoms with E-state index in [1.54, 1.807) is 12.3 Å². The molecule has 0 aliphatic heterocycles. The molecule has 0 atom stereocenters. The first-order chi connectivity index (χ1) is 11.8. The van der Waals surface area contributed by atoms with E-state index in [1.807, 2.05) is 30.3 Å². The van der Waals surface area contributed by atoms with Crippen LogP contribution in [0.5, 0.6) is 5.75 Å². The summed E-state index contributed by atoms with van der Waals surface area (Å²) in [6, 6.07) is 9.67. The number of carbonyl (C=O) groups is 1. The van der Waals surface area contributed by atoms with Gasteiger partial charge < -0.3 is 9.47 Å². The molecule has 1 aromatic carbocycles. The highest BCUT2D eigenvalue weighted by molar-refractivity contribution is 5.84. The predicted molar refractivity (Wildman–Crippen MR) is 91.7 cm³/mol. The summed E-state index contributed by atoms with van der Waals surface area (Å²) in [4.78, 5) is 16.3. The van der Waals surface area contributed by atoms with Crippen molar-refractivity contribution in [1.82, 2.24) is 4.98 Å². The Bertz CT molecular complexity index is 756. The van der Waals surface area contributed by atoms with Gasteiger partial charge in [0.15, 0.2) is 0 Å². The SMILES string of the molecule is O=C(C=C(C1CC1)C1CC1)OCCOc1ccnc2ccccc12. The minimum Gasteiger partial charge on any atom is -0.489 e. The molecule has 2 aliphatic carbocycles. The Hall–Kier alpha value is -2.36. The van der Waals surface area contributed by atoms with Gasteiger partial charge in [-0.25, -0.2) is 4.79 Å². The van der Waals surface area contributed by atoms with Gasteiger partial charge in [0.1, 0.15) is 19.0 Å². The van der Waals surface area contributed by atoms with Crippen molar-refractivity contribution in [3.05, 3.63) is 48.2 Å². The Morgan fingerprint density at radius 2 is 1.83 bits per heavy atom. The second-order valence-corrected chi connectivity index (χ2v) is 6.54. The smallest absolute Gasteiger partial charge is 0.330 e. The van der Waals surface area contributed by atoms with Crippen molar-refractivity contribution in [3.63, 3.8) is 0 Å². The molecule has 2 aliphatic rings. The average molecular weight is 323 g/mol. The maximum atomic E-state index is 12.0. The van der Waals surface area contributed by atoms with Crippen molar-refractivity contribution in [2.75, 3.05) is 13.2 Å². The molecule has 0 unspecified atom stereocenters. The van der Waals surface area contributed by atoms with Gasteiger partial charge in [0.05, 0.1) is 5.52 Å². The number of ether oxygens (including phenoxy) is 2. The highest BCUT2D eigenvalue weighted by atomic mass is 16.6. The zero-order valence-corrected chi connectivity index (χ0v) is 13.6. The van der Waals surface area contributed by atoms with E-state index in [9.17, 15) is 4.79 Å². The minimum absolute atomic E-state index is 0.230. The third-order valence-corrected chi connectivity index (χ3v) is 4.58. The van der Waals surface area contributed by atoms with Crippen molar-refractivity contribution < 1.29 is 14.3 Å². The van der Waals surface area contributed by atoms with E-state index in [2.05, 4.69) is 4.98 Å². The molecule has 2 fully saturated rings. The lowest BCUT2D eigenvalue weighted by Gasteiger charge is -2.09. The van der Waals surface area contributed by atoms with Gasteiger partial charge in [-0.1, -0.05) is 17.7 Å². The summed E-state index contributed by atoms with van der Waals surface area (Å²) >= 11 is 0. The zero-order valence-electron chi connectivity index (χ0n) is 13.6. The van der Waals surface area contributed by atoms with Gasteiger partial charge in [0.25, 0.3) is 0 Å². The Balaban J connectivity index is 1.29. The molecule has 0 saturated heterocycles. The maximum absolute atomic E-state index is 12.0. The fraction of sp³-hybridized carbons (Fsp3) is 0.400. The Kier molecular flexibility index (Phi) is 4.20. The zero-order chi connectivity index (χ0) is 16.4. The second-order valence-electron chi connectivity index (χ2n) is 6.54. The molecule has 1 aromatic heterocycles. The van der Waals surface area contributed by atoms with Crippen molar-refractivity contribution in [2.24, 2.45) is 11.8 Å². The summed E-state index contributed by atoms with van der Waals surface area (Å²) in [6.07, 6.45) is 8.38. The maximum Gasteiger partial charge on any atom is 0.330 e. The van der Waals surface area contributed by atoms with Crippen molar-refractivity contribution >= 4 is 16.9 Å². The first-order valence-electron chi connectivity index (χ1n) is 8.66. The van der Waals surface area contributed by atoms with Gasteiger partial charge >= 0.3 is 5.97 Å². The molecule has 0 spiro atoms. The number of carbonyl (C=O) groups excluding carboxylic acids is 1. The van der Waals surface area contributed by atoms with Gasteiger partial charge in [0, 0.05) is 17.7 Å². The third kappa shape index (κ3) is 3.58. The molecule has 2 saturated carbocycles. The fourth-order valence-corrected chi connectivity index (χ4v) is 3.07. The van der Waals surface area contributed by atoms with E-state index in [1.165, 1.54) is 31.3 Å². The van der Waals surface area contributed by atoms with Crippen LogP contribution in [0.3, 0.4) is 0 Å². The van der Waals surface area contributed by atoms with Crippen molar-refractivity contribution in [3.8, 4) is 5.75 Å². The lowest BCUT2D eigenvalue weighted by atomic mass is 10.1. The van der Waals surface area contributed by atoms with E-state index in [0.29, 0.717) is 18.4 Å². The lowest BCUT2D eigenvalue weighted by Crippen LogP contribution is -2.11. The highest BCUT2D eigenvalue weighted by Crippen LogP contribution is 2.48.